The summed E-state index contributed by atoms with van der Waals surface area (Å²) in [5.41, 5.74) is 0.0449. The minimum absolute atomic E-state index is 0.130. The van der Waals surface area contributed by atoms with Gasteiger partial charge in [0.1, 0.15) is 23.8 Å². The van der Waals surface area contributed by atoms with Crippen molar-refractivity contribution in [3.8, 4) is 34.0 Å². The summed E-state index contributed by atoms with van der Waals surface area (Å²) >= 11 is 0. The molecule has 0 fully saturated rings. The first-order valence-corrected chi connectivity index (χ1v) is 16.5. The molecule has 0 aliphatic rings. The Labute approximate surface area is 267 Å². The lowest BCUT2D eigenvalue weighted by molar-refractivity contribution is -0.147. The fourth-order valence-corrected chi connectivity index (χ4v) is 5.15. The lowest BCUT2D eigenvalue weighted by atomic mass is 10.00. The van der Waals surface area contributed by atoms with Crippen molar-refractivity contribution < 1.29 is 27.4 Å². The number of carbonyl (C=O) groups excluding carboxylic acids is 1. The second kappa shape index (κ2) is 18.5. The third-order valence-corrected chi connectivity index (χ3v) is 8.02. The van der Waals surface area contributed by atoms with E-state index in [2.05, 4.69) is 23.8 Å². The van der Waals surface area contributed by atoms with Crippen LogP contribution >= 0.6 is 0 Å². The van der Waals surface area contributed by atoms with Gasteiger partial charge in [0.2, 0.25) is 5.67 Å². The van der Waals surface area contributed by atoms with E-state index in [1.807, 2.05) is 6.07 Å². The molecule has 0 aliphatic carbocycles. The molecule has 246 valence electrons. The molecule has 0 saturated heterocycles. The van der Waals surface area contributed by atoms with Crippen LogP contribution in [0.15, 0.2) is 60.9 Å². The molecule has 45 heavy (non-hydrogen) atoms. The zero-order chi connectivity index (χ0) is 32.7. The second-order valence-corrected chi connectivity index (χ2v) is 12.0. The van der Waals surface area contributed by atoms with Gasteiger partial charge in [0.05, 0.1) is 5.56 Å². The van der Waals surface area contributed by atoms with E-state index in [-0.39, 0.29) is 12.2 Å². The molecule has 1 aromatic heterocycles. The summed E-state index contributed by atoms with van der Waals surface area (Å²) in [5.74, 6) is 0.160. The highest BCUT2D eigenvalue weighted by molar-refractivity contribution is 5.81. The van der Waals surface area contributed by atoms with E-state index in [1.165, 1.54) is 20.3 Å². The molecule has 0 saturated carbocycles. The van der Waals surface area contributed by atoms with Crippen LogP contribution in [0, 0.1) is 0 Å². The molecule has 0 aliphatic heterocycles. The number of para-hydroxylation sites is 1. The number of aromatic nitrogens is 2. The summed E-state index contributed by atoms with van der Waals surface area (Å²) in [7, 11) is 0. The molecular formula is C37H49F3N2O3. The van der Waals surface area contributed by atoms with Gasteiger partial charge in [0.15, 0.2) is 12.0 Å². The number of alkyl halides is 3. The highest BCUT2D eigenvalue weighted by Crippen LogP contribution is 2.32. The van der Waals surface area contributed by atoms with E-state index in [9.17, 15) is 18.0 Å². The van der Waals surface area contributed by atoms with Gasteiger partial charge >= 0.3 is 5.97 Å². The molecular weight excluding hydrogens is 577 g/mol. The molecule has 0 radical (unpaired) electrons. The van der Waals surface area contributed by atoms with E-state index in [0.717, 1.165) is 62.5 Å². The Kier molecular flexibility index (Phi) is 14.8. The first kappa shape index (κ1) is 36.1. The molecule has 3 rings (SSSR count). The van der Waals surface area contributed by atoms with Gasteiger partial charge in [-0.25, -0.2) is 27.9 Å². The molecule has 0 bridgehead atoms. The van der Waals surface area contributed by atoms with Crippen molar-refractivity contribution in [3.05, 3.63) is 60.9 Å². The Hall–Kier alpha value is -3.42. The number of esters is 1. The number of unbranched alkanes of at least 4 members (excludes halogenated alkanes) is 8. The summed E-state index contributed by atoms with van der Waals surface area (Å²) in [6.45, 7) is 6.73. The summed E-state index contributed by atoms with van der Waals surface area (Å²) in [6.07, 6.45) is 9.39. The van der Waals surface area contributed by atoms with Crippen LogP contribution in [0.5, 0.6) is 11.5 Å². The highest BCUT2D eigenvalue weighted by atomic mass is 19.2. The molecule has 8 heteroatoms. The maximum absolute atomic E-state index is 14.9. The van der Waals surface area contributed by atoms with Crippen LogP contribution in [0.4, 0.5) is 13.2 Å². The van der Waals surface area contributed by atoms with Gasteiger partial charge in [-0.1, -0.05) is 89.5 Å². The van der Waals surface area contributed by atoms with E-state index in [0.29, 0.717) is 30.0 Å². The molecule has 0 spiro atoms. The number of rotatable bonds is 20. The Morgan fingerprint density at radius 3 is 2.07 bits per heavy atom. The van der Waals surface area contributed by atoms with Crippen LogP contribution in [0.1, 0.15) is 105 Å². The van der Waals surface area contributed by atoms with Crippen LogP contribution < -0.4 is 9.47 Å². The minimum atomic E-state index is -2.04. The zero-order valence-electron chi connectivity index (χ0n) is 27.2. The summed E-state index contributed by atoms with van der Waals surface area (Å²) < 4.78 is 55.3. The molecule has 5 nitrogen and oxygen atoms in total. The molecule has 4 atom stereocenters. The average molecular weight is 627 g/mol. The van der Waals surface area contributed by atoms with Gasteiger partial charge in [0, 0.05) is 18.0 Å². The van der Waals surface area contributed by atoms with Gasteiger partial charge in [-0.3, -0.25) is 0 Å². The molecule has 1 heterocycles. The van der Waals surface area contributed by atoms with Crippen molar-refractivity contribution in [2.75, 3.05) is 0 Å². The van der Waals surface area contributed by atoms with E-state index < -0.39 is 30.1 Å². The zero-order valence-corrected chi connectivity index (χ0v) is 27.2. The maximum atomic E-state index is 14.9. The fraction of sp³-hybridized carbons (Fsp3) is 0.541. The lowest BCUT2D eigenvalue weighted by Crippen LogP contribution is -2.34. The Bertz CT molecular complexity index is 1280. The summed E-state index contributed by atoms with van der Waals surface area (Å²) in [5, 5.41) is 0. The Morgan fingerprint density at radius 1 is 0.822 bits per heavy atom. The van der Waals surface area contributed by atoms with Gasteiger partial charge in [-0.05, 0) is 69.4 Å². The molecule has 0 N–H and O–H groups in total. The highest BCUT2D eigenvalue weighted by Gasteiger charge is 2.34. The van der Waals surface area contributed by atoms with Crippen molar-refractivity contribution in [1.29, 1.82) is 0 Å². The minimum Gasteiger partial charge on any atom is -0.487 e. The number of nitrogens with zero attached hydrogens (tertiary/aromatic N) is 2. The van der Waals surface area contributed by atoms with Gasteiger partial charge in [-0.2, -0.15) is 0 Å². The normalized spacial score (nSPS) is 14.7. The fourth-order valence-electron chi connectivity index (χ4n) is 5.15. The number of hydrogen-bond donors (Lipinski definition) is 0. The molecule has 2 aromatic carbocycles. The topological polar surface area (TPSA) is 61.3 Å². The third kappa shape index (κ3) is 11.5. The monoisotopic (exact) mass is 626 g/mol. The first-order chi connectivity index (χ1) is 21.7. The van der Waals surface area contributed by atoms with Gasteiger partial charge in [-0.15, -0.1) is 0 Å². The van der Waals surface area contributed by atoms with Crippen LogP contribution in [-0.4, -0.2) is 40.1 Å². The first-order valence-electron chi connectivity index (χ1n) is 16.5. The second-order valence-electron chi connectivity index (χ2n) is 12.0. The van der Waals surface area contributed by atoms with Crippen molar-refractivity contribution in [2.45, 2.75) is 129 Å². The van der Waals surface area contributed by atoms with E-state index in [4.69, 9.17) is 9.47 Å². The van der Waals surface area contributed by atoms with Crippen molar-refractivity contribution in [1.82, 2.24) is 9.97 Å². The summed E-state index contributed by atoms with van der Waals surface area (Å²) in [4.78, 5) is 21.5. The molecule has 3 aromatic rings. The lowest BCUT2D eigenvalue weighted by Gasteiger charge is -2.24. The van der Waals surface area contributed by atoms with Crippen LogP contribution in [0.25, 0.3) is 22.5 Å². The van der Waals surface area contributed by atoms with Gasteiger partial charge < -0.3 is 9.47 Å². The number of ether oxygens (including phenoxy) is 2. The Morgan fingerprint density at radius 2 is 1.42 bits per heavy atom. The SMILES string of the molecule is CCCCCCCCC(Oc1ccccc1-c1ncc(-c2ccc(OC(=O)C(C)(F)CCCCCC)cc2)cn1)C(F)C(C)F. The number of benzene rings is 2. The van der Waals surface area contributed by atoms with Crippen molar-refractivity contribution in [2.24, 2.45) is 0 Å². The number of hydrogen-bond acceptors (Lipinski definition) is 5. The Balaban J connectivity index is 1.66. The number of halogens is 3. The standard InChI is InChI=1S/C37H49F3N2O3/c1-5-7-9-11-12-13-19-33(34(39)27(3)38)45-32-18-15-14-17-31(32)35-41-25-29(26-42-35)28-20-22-30(23-21-28)44-36(43)37(4,40)24-16-10-8-6-2/h14-15,17-18,20-23,25-27,33-34H,5-13,16,19,24H2,1-4H3. The average Bonchev–Trinajstić information content (AvgIpc) is 3.04. The molecule has 0 amide bonds. The van der Waals surface area contributed by atoms with Crippen LogP contribution in [0.3, 0.4) is 0 Å². The quantitative estimate of drug-likeness (QED) is 0.0709. The van der Waals surface area contributed by atoms with Gasteiger partial charge in [0.25, 0.3) is 0 Å². The van der Waals surface area contributed by atoms with Crippen molar-refractivity contribution in [3.63, 3.8) is 0 Å². The van der Waals surface area contributed by atoms with Crippen molar-refractivity contribution >= 4 is 5.97 Å². The smallest absolute Gasteiger partial charge is 0.348 e. The third-order valence-electron chi connectivity index (χ3n) is 8.02. The predicted molar refractivity (Wildman–Crippen MR) is 175 cm³/mol. The largest absolute Gasteiger partial charge is 0.487 e. The predicted octanol–water partition coefficient (Wildman–Crippen LogP) is 10.6. The molecule has 4 unspecified atom stereocenters. The number of carbonyl (C=O) groups is 1. The van der Waals surface area contributed by atoms with Crippen LogP contribution in [0.2, 0.25) is 0 Å². The summed E-state index contributed by atoms with van der Waals surface area (Å²) in [6, 6.07) is 13.9. The van der Waals surface area contributed by atoms with E-state index >= 15 is 0 Å². The maximum Gasteiger partial charge on any atom is 0.348 e. The van der Waals surface area contributed by atoms with E-state index in [1.54, 1.807) is 54.9 Å². The van der Waals surface area contributed by atoms with Crippen LogP contribution in [-0.2, 0) is 4.79 Å².